The van der Waals surface area contributed by atoms with Crippen molar-refractivity contribution in [2.75, 3.05) is 52.5 Å². The number of carbonyl (C=O) groups excluding carboxylic acids is 2. The van der Waals surface area contributed by atoms with Crippen molar-refractivity contribution >= 4 is 23.1 Å². The lowest BCUT2D eigenvalue weighted by molar-refractivity contribution is -0.120. The third kappa shape index (κ3) is 4.69. The minimum absolute atomic E-state index is 0.356. The number of carbonyl (C=O) groups is 2. The minimum Gasteiger partial charge on any atom is -0.497 e. The van der Waals surface area contributed by atoms with Gasteiger partial charge in [-0.05, 0) is 37.1 Å². The monoisotopic (exact) mass is 438 g/mol. The molecule has 0 spiro atoms. The van der Waals surface area contributed by atoms with Crippen LogP contribution < -0.4 is 9.64 Å². The van der Waals surface area contributed by atoms with Gasteiger partial charge < -0.3 is 19.1 Å². The molecule has 0 radical (unpaired) electrons. The van der Waals surface area contributed by atoms with E-state index in [1.165, 1.54) is 4.90 Å². The van der Waals surface area contributed by atoms with Crippen LogP contribution in [0.4, 0.5) is 5.69 Å². The molecule has 0 N–H and O–H groups in total. The van der Waals surface area contributed by atoms with Crippen LogP contribution >= 0.6 is 0 Å². The summed E-state index contributed by atoms with van der Waals surface area (Å²) < 4.78 is 15.8. The summed E-state index contributed by atoms with van der Waals surface area (Å²) in [7, 11) is 4.77. The van der Waals surface area contributed by atoms with Gasteiger partial charge in [0, 0.05) is 33.4 Å². The molecule has 2 amide bonds. The second-order valence-corrected chi connectivity index (χ2v) is 7.66. The fourth-order valence-electron chi connectivity index (χ4n) is 3.87. The first kappa shape index (κ1) is 23.5. The maximum Gasteiger partial charge on any atom is 0.282 e. The molecule has 1 aliphatic rings. The second kappa shape index (κ2) is 10.4. The van der Waals surface area contributed by atoms with Crippen LogP contribution in [0.15, 0.2) is 48.2 Å². The van der Waals surface area contributed by atoms with Crippen LogP contribution in [-0.4, -0.2) is 64.3 Å². The third-order valence-electron chi connectivity index (χ3n) is 5.47. The molecule has 0 saturated heterocycles. The molecule has 170 valence electrons. The summed E-state index contributed by atoms with van der Waals surface area (Å²) in [6.45, 7) is 5.68. The standard InChI is InChI=1S/C25H30N2O5/c1-17-9-10-21(18(2)15-17)22-23(26(11-13-30-3)12-14-31-4)25(29)27(24(22)28)19-7-6-8-20(16-19)32-5/h6-10,15-16H,11-14H2,1-5H3. The second-order valence-electron chi connectivity index (χ2n) is 7.66. The summed E-state index contributed by atoms with van der Waals surface area (Å²) in [5.74, 6) is -0.157. The van der Waals surface area contributed by atoms with E-state index in [0.29, 0.717) is 49.0 Å². The van der Waals surface area contributed by atoms with Gasteiger partial charge in [-0.3, -0.25) is 9.59 Å². The Labute approximate surface area is 189 Å². The van der Waals surface area contributed by atoms with E-state index < -0.39 is 0 Å². The maximum atomic E-state index is 13.7. The van der Waals surface area contributed by atoms with E-state index in [1.54, 1.807) is 45.6 Å². The highest BCUT2D eigenvalue weighted by Crippen LogP contribution is 2.37. The van der Waals surface area contributed by atoms with Crippen molar-refractivity contribution in [1.82, 2.24) is 4.90 Å². The first-order valence-electron chi connectivity index (χ1n) is 10.5. The highest BCUT2D eigenvalue weighted by molar-refractivity contribution is 6.45. The quantitative estimate of drug-likeness (QED) is 0.531. The predicted molar refractivity (Wildman–Crippen MR) is 124 cm³/mol. The normalized spacial score (nSPS) is 13.8. The van der Waals surface area contributed by atoms with Gasteiger partial charge in [-0.1, -0.05) is 29.8 Å². The molecule has 0 aliphatic carbocycles. The Morgan fingerprint density at radius 1 is 0.875 bits per heavy atom. The summed E-state index contributed by atoms with van der Waals surface area (Å²) in [6, 6.07) is 12.8. The van der Waals surface area contributed by atoms with E-state index in [2.05, 4.69) is 0 Å². The molecule has 0 saturated carbocycles. The Hall–Kier alpha value is -3.16. The molecule has 7 heteroatoms. The van der Waals surface area contributed by atoms with Crippen LogP contribution in [0, 0.1) is 13.8 Å². The van der Waals surface area contributed by atoms with Gasteiger partial charge in [0.1, 0.15) is 11.4 Å². The number of nitrogens with zero attached hydrogens (tertiary/aromatic N) is 2. The Balaban J connectivity index is 2.17. The van der Waals surface area contributed by atoms with Crippen molar-refractivity contribution in [2.24, 2.45) is 0 Å². The summed E-state index contributed by atoms with van der Waals surface area (Å²) >= 11 is 0. The van der Waals surface area contributed by atoms with E-state index in [-0.39, 0.29) is 11.8 Å². The van der Waals surface area contributed by atoms with E-state index in [4.69, 9.17) is 14.2 Å². The van der Waals surface area contributed by atoms with Crippen LogP contribution in [0.3, 0.4) is 0 Å². The molecular weight excluding hydrogens is 408 g/mol. The number of hydrogen-bond donors (Lipinski definition) is 0. The van der Waals surface area contributed by atoms with Crippen LogP contribution in [0.2, 0.25) is 0 Å². The molecule has 1 heterocycles. The number of methoxy groups -OCH3 is 3. The van der Waals surface area contributed by atoms with E-state index in [1.807, 2.05) is 36.9 Å². The number of imide groups is 1. The Kier molecular flexibility index (Phi) is 7.66. The van der Waals surface area contributed by atoms with Gasteiger partial charge in [0.25, 0.3) is 11.8 Å². The number of hydrogen-bond acceptors (Lipinski definition) is 6. The number of benzene rings is 2. The van der Waals surface area contributed by atoms with Gasteiger partial charge in [0.15, 0.2) is 0 Å². The minimum atomic E-state index is -0.370. The van der Waals surface area contributed by atoms with Crippen LogP contribution in [0.5, 0.6) is 5.75 Å². The largest absolute Gasteiger partial charge is 0.497 e. The lowest BCUT2D eigenvalue weighted by Crippen LogP contribution is -2.37. The molecular formula is C25H30N2O5. The zero-order chi connectivity index (χ0) is 23.3. The Bertz CT molecular complexity index is 1020. The van der Waals surface area contributed by atoms with Gasteiger partial charge in [-0.2, -0.15) is 0 Å². The van der Waals surface area contributed by atoms with Crippen molar-refractivity contribution in [3.63, 3.8) is 0 Å². The lowest BCUT2D eigenvalue weighted by Gasteiger charge is -2.26. The molecule has 0 aromatic heterocycles. The number of aryl methyl sites for hydroxylation is 2. The highest BCUT2D eigenvalue weighted by Gasteiger charge is 2.42. The van der Waals surface area contributed by atoms with Crippen molar-refractivity contribution in [3.8, 4) is 5.75 Å². The molecule has 1 aliphatic heterocycles. The summed E-state index contributed by atoms with van der Waals surface area (Å²) in [5, 5.41) is 0. The van der Waals surface area contributed by atoms with Crippen molar-refractivity contribution < 1.29 is 23.8 Å². The van der Waals surface area contributed by atoms with Crippen molar-refractivity contribution in [3.05, 3.63) is 64.9 Å². The van der Waals surface area contributed by atoms with Crippen LogP contribution in [0.1, 0.15) is 16.7 Å². The first-order valence-corrected chi connectivity index (χ1v) is 10.5. The number of rotatable bonds is 10. The van der Waals surface area contributed by atoms with Crippen molar-refractivity contribution in [2.45, 2.75) is 13.8 Å². The van der Waals surface area contributed by atoms with Gasteiger partial charge in [-0.15, -0.1) is 0 Å². The van der Waals surface area contributed by atoms with Gasteiger partial charge in [0.2, 0.25) is 0 Å². The van der Waals surface area contributed by atoms with E-state index >= 15 is 0 Å². The number of anilines is 1. The lowest BCUT2D eigenvalue weighted by atomic mass is 9.97. The third-order valence-corrected chi connectivity index (χ3v) is 5.47. The van der Waals surface area contributed by atoms with Crippen molar-refractivity contribution in [1.29, 1.82) is 0 Å². The average Bonchev–Trinajstić information content (AvgIpc) is 3.04. The zero-order valence-electron chi connectivity index (χ0n) is 19.3. The first-order chi connectivity index (χ1) is 15.4. The van der Waals surface area contributed by atoms with E-state index in [0.717, 1.165) is 16.7 Å². The number of amides is 2. The highest BCUT2D eigenvalue weighted by atomic mass is 16.5. The van der Waals surface area contributed by atoms with Crippen LogP contribution in [0.25, 0.3) is 5.57 Å². The Morgan fingerprint density at radius 3 is 2.16 bits per heavy atom. The molecule has 2 aromatic rings. The predicted octanol–water partition coefficient (Wildman–Crippen LogP) is 3.19. The SMILES string of the molecule is COCCN(CCOC)C1=C(c2ccc(C)cc2C)C(=O)N(c2cccc(OC)c2)C1=O. The topological polar surface area (TPSA) is 68.3 Å². The van der Waals surface area contributed by atoms with Gasteiger partial charge in [0.05, 0.1) is 31.6 Å². The molecule has 0 atom stereocenters. The molecule has 0 fully saturated rings. The molecule has 3 rings (SSSR count). The summed E-state index contributed by atoms with van der Waals surface area (Å²) in [5.41, 5.74) is 3.99. The fourth-order valence-corrected chi connectivity index (χ4v) is 3.87. The zero-order valence-corrected chi connectivity index (χ0v) is 19.3. The number of ether oxygens (including phenoxy) is 3. The smallest absolute Gasteiger partial charge is 0.282 e. The van der Waals surface area contributed by atoms with Crippen LogP contribution in [-0.2, 0) is 19.1 Å². The van der Waals surface area contributed by atoms with Gasteiger partial charge >= 0.3 is 0 Å². The molecule has 7 nitrogen and oxygen atoms in total. The Morgan fingerprint density at radius 2 is 1.56 bits per heavy atom. The summed E-state index contributed by atoms with van der Waals surface area (Å²) in [4.78, 5) is 30.6. The maximum absolute atomic E-state index is 13.7. The summed E-state index contributed by atoms with van der Waals surface area (Å²) in [6.07, 6.45) is 0. The van der Waals surface area contributed by atoms with E-state index in [9.17, 15) is 9.59 Å². The molecule has 32 heavy (non-hydrogen) atoms. The molecule has 0 unspecified atom stereocenters. The molecule has 0 bridgehead atoms. The fraction of sp³-hybridized carbons (Fsp3) is 0.360. The molecule has 2 aromatic carbocycles. The van der Waals surface area contributed by atoms with Gasteiger partial charge in [-0.25, -0.2) is 4.90 Å². The average molecular weight is 439 g/mol.